The van der Waals surface area contributed by atoms with Gasteiger partial charge in [-0.15, -0.1) is 10.2 Å². The van der Waals surface area contributed by atoms with Gasteiger partial charge in [0.25, 0.3) is 0 Å². The summed E-state index contributed by atoms with van der Waals surface area (Å²) in [5.41, 5.74) is 1.10. The molecule has 0 aliphatic rings. The van der Waals surface area contributed by atoms with Gasteiger partial charge in [0.05, 0.1) is 0 Å². The number of halogens is 1. The van der Waals surface area contributed by atoms with Crippen LogP contribution in [0.3, 0.4) is 0 Å². The van der Waals surface area contributed by atoms with Crippen LogP contribution in [0.15, 0.2) is 28.3 Å². The maximum atomic E-state index is 4.28. The first kappa shape index (κ1) is 11.5. The predicted octanol–water partition coefficient (Wildman–Crippen LogP) is 2.37. The van der Waals surface area contributed by atoms with E-state index in [1.54, 1.807) is 0 Å². The maximum absolute atomic E-state index is 4.28. The summed E-state index contributed by atoms with van der Waals surface area (Å²) in [5, 5.41) is 8.89. The molecule has 16 heavy (non-hydrogen) atoms. The average Bonchev–Trinajstić information content (AvgIpc) is 2.74. The third-order valence-corrected chi connectivity index (χ3v) is 3.62. The van der Waals surface area contributed by atoms with Gasteiger partial charge in [-0.3, -0.25) is 4.98 Å². The molecule has 2 aromatic rings. The Morgan fingerprint density at radius 1 is 1.38 bits per heavy atom. The van der Waals surface area contributed by atoms with Crippen LogP contribution in [-0.2, 0) is 6.42 Å². The highest BCUT2D eigenvalue weighted by atomic mass is 79.9. The van der Waals surface area contributed by atoms with Gasteiger partial charge < -0.3 is 4.90 Å². The first-order valence-electron chi connectivity index (χ1n) is 4.86. The summed E-state index contributed by atoms with van der Waals surface area (Å²) in [7, 11) is 2.01. The number of hydrogen-bond donors (Lipinski definition) is 0. The van der Waals surface area contributed by atoms with E-state index in [-0.39, 0.29) is 0 Å². The molecule has 0 spiro atoms. The van der Waals surface area contributed by atoms with Crippen LogP contribution >= 0.6 is 27.3 Å². The lowest BCUT2D eigenvalue weighted by Gasteiger charge is -2.13. The molecule has 2 aromatic heterocycles. The molecule has 0 fully saturated rings. The van der Waals surface area contributed by atoms with Crippen molar-refractivity contribution in [2.45, 2.75) is 6.42 Å². The third kappa shape index (κ3) is 2.99. The highest BCUT2D eigenvalue weighted by Crippen LogP contribution is 2.22. The van der Waals surface area contributed by atoms with E-state index in [4.69, 9.17) is 0 Å². The number of nitrogens with zero attached hydrogens (tertiary/aromatic N) is 4. The minimum Gasteiger partial charge on any atom is -0.349 e. The van der Waals surface area contributed by atoms with E-state index in [9.17, 15) is 0 Å². The van der Waals surface area contributed by atoms with Gasteiger partial charge in [0.15, 0.2) is 3.92 Å². The van der Waals surface area contributed by atoms with Gasteiger partial charge in [0.1, 0.15) is 0 Å². The first-order valence-corrected chi connectivity index (χ1v) is 6.47. The van der Waals surface area contributed by atoms with Gasteiger partial charge in [-0.2, -0.15) is 0 Å². The fraction of sp³-hybridized carbons (Fsp3) is 0.300. The molecule has 0 aliphatic carbocycles. The summed E-state index contributed by atoms with van der Waals surface area (Å²) in [6, 6.07) is 5.96. The molecule has 6 heteroatoms. The molecule has 0 atom stereocenters. The van der Waals surface area contributed by atoms with Gasteiger partial charge in [-0.05, 0) is 28.1 Å². The average molecular weight is 299 g/mol. The number of likely N-dealkylation sites (N-methyl/N-ethyl adjacent to an activating group) is 1. The van der Waals surface area contributed by atoms with Gasteiger partial charge in [-0.25, -0.2) is 0 Å². The Bertz CT molecular complexity index is 445. The molecule has 0 radical (unpaired) electrons. The van der Waals surface area contributed by atoms with Crippen molar-refractivity contribution in [3.63, 3.8) is 0 Å². The molecule has 0 aliphatic heterocycles. The Hall–Kier alpha value is -1.01. The monoisotopic (exact) mass is 298 g/mol. The lowest BCUT2D eigenvalue weighted by Crippen LogP contribution is -2.20. The van der Waals surface area contributed by atoms with Crippen LogP contribution in [-0.4, -0.2) is 28.8 Å². The van der Waals surface area contributed by atoms with Crippen molar-refractivity contribution in [1.82, 2.24) is 15.2 Å². The van der Waals surface area contributed by atoms with Crippen molar-refractivity contribution in [3.8, 4) is 0 Å². The van der Waals surface area contributed by atoms with E-state index >= 15 is 0 Å². The van der Waals surface area contributed by atoms with E-state index in [1.807, 2.05) is 31.4 Å². The summed E-state index contributed by atoms with van der Waals surface area (Å²) < 4.78 is 0.812. The topological polar surface area (TPSA) is 41.9 Å². The number of rotatable bonds is 4. The fourth-order valence-corrected chi connectivity index (χ4v) is 2.35. The van der Waals surface area contributed by atoms with Crippen molar-refractivity contribution in [2.24, 2.45) is 0 Å². The lowest BCUT2D eigenvalue weighted by atomic mass is 10.2. The van der Waals surface area contributed by atoms with Crippen LogP contribution in [0.2, 0.25) is 0 Å². The van der Waals surface area contributed by atoms with Crippen molar-refractivity contribution in [1.29, 1.82) is 0 Å². The Morgan fingerprint density at radius 3 is 2.88 bits per heavy atom. The summed E-state index contributed by atoms with van der Waals surface area (Å²) in [6.45, 7) is 0.888. The smallest absolute Gasteiger partial charge is 0.208 e. The van der Waals surface area contributed by atoms with Gasteiger partial charge in [0, 0.05) is 31.9 Å². The molecule has 4 nitrogen and oxygen atoms in total. The Labute approximate surface area is 106 Å². The minimum atomic E-state index is 0.812. The molecule has 2 heterocycles. The lowest BCUT2D eigenvalue weighted by molar-refractivity contribution is 0.838. The number of aromatic nitrogens is 3. The maximum Gasteiger partial charge on any atom is 0.208 e. The largest absolute Gasteiger partial charge is 0.349 e. The van der Waals surface area contributed by atoms with Crippen molar-refractivity contribution >= 4 is 32.4 Å². The van der Waals surface area contributed by atoms with E-state index in [0.717, 1.165) is 27.7 Å². The first-order chi connectivity index (χ1) is 7.75. The predicted molar refractivity (Wildman–Crippen MR) is 68.8 cm³/mol. The molecular formula is C10H11BrN4S. The Morgan fingerprint density at radius 2 is 2.25 bits per heavy atom. The molecule has 0 bridgehead atoms. The van der Waals surface area contributed by atoms with Gasteiger partial charge in [0.2, 0.25) is 5.13 Å². The van der Waals surface area contributed by atoms with E-state index in [0.29, 0.717) is 0 Å². The highest BCUT2D eigenvalue weighted by molar-refractivity contribution is 9.11. The number of pyridine rings is 1. The van der Waals surface area contributed by atoms with Gasteiger partial charge >= 0.3 is 0 Å². The van der Waals surface area contributed by atoms with Crippen LogP contribution < -0.4 is 4.90 Å². The zero-order valence-electron chi connectivity index (χ0n) is 8.80. The molecule has 0 N–H and O–H groups in total. The molecule has 0 aromatic carbocycles. The zero-order valence-corrected chi connectivity index (χ0v) is 11.2. The van der Waals surface area contributed by atoms with Crippen molar-refractivity contribution in [3.05, 3.63) is 34.0 Å². The molecule has 84 valence electrons. The normalized spacial score (nSPS) is 10.4. The SMILES string of the molecule is CN(CCc1ccccn1)c1nnc(Br)s1. The summed E-state index contributed by atoms with van der Waals surface area (Å²) in [5.74, 6) is 0. The molecule has 0 saturated carbocycles. The molecule has 0 amide bonds. The van der Waals surface area contributed by atoms with Crippen molar-refractivity contribution < 1.29 is 0 Å². The summed E-state index contributed by atoms with van der Waals surface area (Å²) in [4.78, 5) is 6.36. The molecular weight excluding hydrogens is 288 g/mol. The van der Waals surface area contributed by atoms with Crippen LogP contribution in [0.25, 0.3) is 0 Å². The van der Waals surface area contributed by atoms with Crippen LogP contribution in [0.4, 0.5) is 5.13 Å². The highest BCUT2D eigenvalue weighted by Gasteiger charge is 2.07. The van der Waals surface area contributed by atoms with Gasteiger partial charge in [-0.1, -0.05) is 17.4 Å². The second-order valence-electron chi connectivity index (χ2n) is 3.33. The quantitative estimate of drug-likeness (QED) is 0.869. The second kappa shape index (κ2) is 5.36. The van der Waals surface area contributed by atoms with E-state index < -0.39 is 0 Å². The molecule has 2 rings (SSSR count). The number of anilines is 1. The standard InChI is InChI=1S/C10H11BrN4S/c1-15(10-14-13-9(11)16-10)7-5-8-4-2-3-6-12-8/h2-4,6H,5,7H2,1H3. The van der Waals surface area contributed by atoms with Crippen LogP contribution in [0.5, 0.6) is 0 Å². The zero-order chi connectivity index (χ0) is 11.4. The molecule has 0 saturated heterocycles. The van der Waals surface area contributed by atoms with Crippen molar-refractivity contribution in [2.75, 3.05) is 18.5 Å². The summed E-state index contributed by atoms with van der Waals surface area (Å²) >= 11 is 4.83. The fourth-order valence-electron chi connectivity index (χ4n) is 1.28. The Kier molecular flexibility index (Phi) is 3.84. The minimum absolute atomic E-state index is 0.812. The van der Waals surface area contributed by atoms with E-state index in [1.165, 1.54) is 11.3 Å². The Balaban J connectivity index is 1.91. The van der Waals surface area contributed by atoms with E-state index in [2.05, 4.69) is 36.0 Å². The van der Waals surface area contributed by atoms with Crippen LogP contribution in [0, 0.1) is 0 Å². The third-order valence-electron chi connectivity index (χ3n) is 2.15. The second-order valence-corrected chi connectivity index (χ2v) is 5.56. The summed E-state index contributed by atoms with van der Waals surface area (Å²) in [6.07, 6.45) is 2.73. The van der Waals surface area contributed by atoms with Crippen LogP contribution in [0.1, 0.15) is 5.69 Å². The molecule has 0 unspecified atom stereocenters. The number of hydrogen-bond acceptors (Lipinski definition) is 5.